The van der Waals surface area contributed by atoms with Crippen LogP contribution in [0.1, 0.15) is 97.8 Å². The smallest absolute Gasteiger partial charge is 0.289 e. The zero-order valence-electron chi connectivity index (χ0n) is 26.3. The number of carbonyl (C=O) groups is 6. The second-order valence-corrected chi connectivity index (χ2v) is 13.6. The molecule has 0 aromatic rings. The second-order valence-electron chi connectivity index (χ2n) is 13.6. The number of hydrogen-bond acceptors (Lipinski definition) is 6. The van der Waals surface area contributed by atoms with Gasteiger partial charge in [-0.3, -0.25) is 28.8 Å². The maximum absolute atomic E-state index is 14.0. The summed E-state index contributed by atoms with van der Waals surface area (Å²) in [6.07, 6.45) is 8.41. The fourth-order valence-electron chi connectivity index (χ4n) is 6.81. The third-order valence-corrected chi connectivity index (χ3v) is 10.1. The van der Waals surface area contributed by atoms with E-state index in [-0.39, 0.29) is 42.0 Å². The Kier molecular flexibility index (Phi) is 11.2. The lowest BCUT2D eigenvalue weighted by Crippen LogP contribution is -2.59. The zero-order valence-corrected chi connectivity index (χ0v) is 26.3. The Labute approximate surface area is 255 Å². The van der Waals surface area contributed by atoms with Crippen molar-refractivity contribution in [3.8, 4) is 0 Å². The van der Waals surface area contributed by atoms with Crippen LogP contribution in [0.3, 0.4) is 0 Å². The van der Waals surface area contributed by atoms with Gasteiger partial charge in [-0.05, 0) is 75.5 Å². The summed E-state index contributed by atoms with van der Waals surface area (Å²) in [4.78, 5) is 80.6. The number of amides is 5. The Morgan fingerprint density at radius 3 is 2.19 bits per heavy atom. The van der Waals surface area contributed by atoms with Crippen molar-refractivity contribution in [1.29, 1.82) is 0 Å². The monoisotopic (exact) mass is 601 g/mol. The van der Waals surface area contributed by atoms with Crippen LogP contribution in [0.15, 0.2) is 0 Å². The van der Waals surface area contributed by atoms with E-state index in [0.717, 1.165) is 51.4 Å². The number of Topliss-reactive ketones (excluding diaryl/α,β-unsaturated/α-hetero) is 1. The average molecular weight is 602 g/mol. The van der Waals surface area contributed by atoms with Gasteiger partial charge in [0.25, 0.3) is 5.91 Å². The topological polar surface area (TPSA) is 154 Å². The summed E-state index contributed by atoms with van der Waals surface area (Å²) in [6, 6.07) is -2.82. The first-order valence-corrected chi connectivity index (χ1v) is 16.5. The van der Waals surface area contributed by atoms with Gasteiger partial charge in [0.15, 0.2) is 0 Å². The predicted molar refractivity (Wildman–Crippen MR) is 160 cm³/mol. The molecule has 240 valence electrons. The molecular weight excluding hydrogens is 550 g/mol. The molecule has 4 N–H and O–H groups in total. The maximum atomic E-state index is 14.0. The molecule has 0 spiro atoms. The third-order valence-electron chi connectivity index (χ3n) is 10.1. The van der Waals surface area contributed by atoms with Crippen LogP contribution < -0.4 is 21.3 Å². The lowest BCUT2D eigenvalue weighted by atomic mass is 9.69. The van der Waals surface area contributed by atoms with Crippen LogP contribution in [-0.4, -0.2) is 78.0 Å². The van der Waals surface area contributed by atoms with Crippen LogP contribution in [-0.2, 0) is 28.8 Å². The van der Waals surface area contributed by atoms with Crippen molar-refractivity contribution in [3.63, 3.8) is 0 Å². The highest BCUT2D eigenvalue weighted by atomic mass is 16.2. The Morgan fingerprint density at radius 2 is 1.63 bits per heavy atom. The molecule has 3 aliphatic carbocycles. The maximum Gasteiger partial charge on any atom is 0.289 e. The van der Waals surface area contributed by atoms with Crippen molar-refractivity contribution in [2.45, 2.75) is 122 Å². The van der Waals surface area contributed by atoms with Gasteiger partial charge in [0, 0.05) is 31.5 Å². The molecule has 4 aliphatic rings. The van der Waals surface area contributed by atoms with Gasteiger partial charge in [0.2, 0.25) is 29.4 Å². The number of carbonyl (C=O) groups excluding carboxylic acids is 6. The standard InChI is InChI=1S/C32H51N5O6/c1-5-8-25(30(41)35-24(17-20-13-14-33-28(20)39)27(38)31(42)34-23-11-12-23)37(4)32(43)26(19-9-6-7-10-19)36-29(40)22-15-21(16-22)18(2)3/h18-26H,5-17H2,1-4H3,(H,33,39)(H,34,42)(H,35,41)(H,36,40)/t20-,21?,22?,24-,25-,26+/m0/s1. The second kappa shape index (κ2) is 14.7. The van der Waals surface area contributed by atoms with Gasteiger partial charge in [0.05, 0.1) is 6.04 Å². The first kappa shape index (κ1) is 32.9. The van der Waals surface area contributed by atoms with Crippen LogP contribution in [0.4, 0.5) is 0 Å². The molecule has 4 atom stereocenters. The van der Waals surface area contributed by atoms with Crippen LogP contribution in [0, 0.1) is 29.6 Å². The van der Waals surface area contributed by atoms with Gasteiger partial charge in [-0.15, -0.1) is 0 Å². The molecule has 3 saturated carbocycles. The SMILES string of the molecule is CCC[C@@H](C(=O)N[C@@H](C[C@@H]1CCNC1=O)C(=O)C(=O)NC1CC1)N(C)C(=O)[C@H](NC(=O)C1CC(C(C)C)C1)C1CCCC1. The van der Waals surface area contributed by atoms with E-state index < -0.39 is 41.6 Å². The van der Waals surface area contributed by atoms with Crippen molar-refractivity contribution in [2.24, 2.45) is 29.6 Å². The van der Waals surface area contributed by atoms with Crippen molar-refractivity contribution in [1.82, 2.24) is 26.2 Å². The van der Waals surface area contributed by atoms with Crippen molar-refractivity contribution >= 4 is 35.3 Å². The molecule has 11 heteroatoms. The van der Waals surface area contributed by atoms with E-state index in [2.05, 4.69) is 35.1 Å². The number of nitrogens with zero attached hydrogens (tertiary/aromatic N) is 1. The summed E-state index contributed by atoms with van der Waals surface area (Å²) >= 11 is 0. The fraction of sp³-hybridized carbons (Fsp3) is 0.812. The number of nitrogens with one attached hydrogen (secondary N) is 4. The molecular formula is C32H51N5O6. The van der Waals surface area contributed by atoms with Gasteiger partial charge in [-0.1, -0.05) is 40.0 Å². The first-order valence-electron chi connectivity index (χ1n) is 16.5. The number of ketones is 1. The van der Waals surface area contributed by atoms with Crippen LogP contribution >= 0.6 is 0 Å². The molecule has 0 bridgehead atoms. The van der Waals surface area contributed by atoms with E-state index in [0.29, 0.717) is 37.6 Å². The van der Waals surface area contributed by atoms with Crippen molar-refractivity contribution < 1.29 is 28.8 Å². The normalized spacial score (nSPS) is 25.7. The first-order chi connectivity index (χ1) is 20.5. The van der Waals surface area contributed by atoms with Crippen molar-refractivity contribution in [2.75, 3.05) is 13.6 Å². The minimum atomic E-state index is -1.18. The van der Waals surface area contributed by atoms with Gasteiger partial charge in [0.1, 0.15) is 12.1 Å². The molecule has 4 rings (SSSR count). The quantitative estimate of drug-likeness (QED) is 0.210. The number of rotatable bonds is 15. The van der Waals surface area contributed by atoms with E-state index in [9.17, 15) is 28.8 Å². The fourth-order valence-corrected chi connectivity index (χ4v) is 6.81. The molecule has 0 aromatic heterocycles. The Balaban J connectivity index is 1.46. The van der Waals surface area contributed by atoms with Crippen LogP contribution in [0.5, 0.6) is 0 Å². The summed E-state index contributed by atoms with van der Waals surface area (Å²) < 4.78 is 0. The third kappa shape index (κ3) is 8.35. The molecule has 0 radical (unpaired) electrons. The summed E-state index contributed by atoms with van der Waals surface area (Å²) in [7, 11) is 1.58. The molecule has 1 saturated heterocycles. The molecule has 4 fully saturated rings. The number of hydrogen-bond donors (Lipinski definition) is 4. The summed E-state index contributed by atoms with van der Waals surface area (Å²) in [5.41, 5.74) is 0. The van der Waals surface area contributed by atoms with Gasteiger partial charge in [-0.25, -0.2) is 0 Å². The van der Waals surface area contributed by atoms with Crippen LogP contribution in [0.25, 0.3) is 0 Å². The highest BCUT2D eigenvalue weighted by molar-refractivity contribution is 6.38. The van der Waals surface area contributed by atoms with Crippen LogP contribution in [0.2, 0.25) is 0 Å². The van der Waals surface area contributed by atoms with Gasteiger partial charge >= 0.3 is 0 Å². The van der Waals surface area contributed by atoms with Gasteiger partial charge in [-0.2, -0.15) is 0 Å². The predicted octanol–water partition coefficient (Wildman–Crippen LogP) is 1.83. The lowest BCUT2D eigenvalue weighted by molar-refractivity contribution is -0.146. The number of likely N-dealkylation sites (N-methyl/N-ethyl adjacent to an activating group) is 1. The molecule has 43 heavy (non-hydrogen) atoms. The van der Waals surface area contributed by atoms with E-state index in [1.54, 1.807) is 7.05 Å². The highest BCUT2D eigenvalue weighted by Gasteiger charge is 2.42. The molecule has 1 aliphatic heterocycles. The minimum absolute atomic E-state index is 0.00605. The Bertz CT molecular complexity index is 1060. The molecule has 0 unspecified atom stereocenters. The summed E-state index contributed by atoms with van der Waals surface area (Å²) in [6.45, 7) is 6.72. The Morgan fingerprint density at radius 1 is 0.953 bits per heavy atom. The average Bonchev–Trinajstić information content (AvgIpc) is 3.40. The largest absolute Gasteiger partial charge is 0.356 e. The van der Waals surface area contributed by atoms with E-state index in [1.807, 2.05) is 6.92 Å². The lowest BCUT2D eigenvalue weighted by Gasteiger charge is -2.39. The highest BCUT2D eigenvalue weighted by Crippen LogP contribution is 2.39. The molecule has 5 amide bonds. The summed E-state index contributed by atoms with van der Waals surface area (Å²) in [5, 5.41) is 11.3. The van der Waals surface area contributed by atoms with Crippen molar-refractivity contribution in [3.05, 3.63) is 0 Å². The minimum Gasteiger partial charge on any atom is -0.356 e. The zero-order chi connectivity index (χ0) is 31.3. The van der Waals surface area contributed by atoms with Gasteiger partial charge < -0.3 is 26.2 Å². The molecule has 0 aromatic carbocycles. The summed E-state index contributed by atoms with van der Waals surface area (Å²) in [5.74, 6) is -2.21. The molecule has 11 nitrogen and oxygen atoms in total. The Hall–Kier alpha value is -2.98. The molecule has 1 heterocycles. The van der Waals surface area contributed by atoms with E-state index >= 15 is 0 Å². The van der Waals surface area contributed by atoms with E-state index in [4.69, 9.17) is 0 Å². The van der Waals surface area contributed by atoms with E-state index in [1.165, 1.54) is 4.90 Å².